The lowest BCUT2D eigenvalue weighted by Crippen LogP contribution is -2.02. The Bertz CT molecular complexity index is 3770. The zero-order valence-electron chi connectivity index (χ0n) is 34.2. The molecule has 0 aliphatic heterocycles. The number of rotatable bonds is 6. The first kappa shape index (κ1) is 35.4. The minimum absolute atomic E-state index is 0.622. The van der Waals surface area contributed by atoms with E-state index in [2.05, 4.69) is 221 Å². The Morgan fingerprint density at radius 2 is 0.810 bits per heavy atom. The monoisotopic (exact) mass is 803 g/mol. The zero-order valence-corrected chi connectivity index (χ0v) is 34.2. The van der Waals surface area contributed by atoms with Crippen molar-refractivity contribution in [3.05, 3.63) is 223 Å². The van der Waals surface area contributed by atoms with Crippen LogP contribution in [-0.2, 0) is 6.42 Å². The van der Waals surface area contributed by atoms with Crippen molar-refractivity contribution in [1.82, 2.24) is 24.1 Å². The van der Waals surface area contributed by atoms with E-state index in [0.29, 0.717) is 17.5 Å². The highest BCUT2D eigenvalue weighted by Crippen LogP contribution is 2.40. The van der Waals surface area contributed by atoms with Gasteiger partial charge in [-0.1, -0.05) is 152 Å². The summed E-state index contributed by atoms with van der Waals surface area (Å²) in [6, 6.07) is 75.9. The van der Waals surface area contributed by atoms with Gasteiger partial charge in [0.25, 0.3) is 0 Å². The van der Waals surface area contributed by atoms with Crippen LogP contribution in [0.25, 0.3) is 111 Å². The van der Waals surface area contributed by atoms with E-state index < -0.39 is 0 Å². The lowest BCUT2D eigenvalue weighted by molar-refractivity contribution is 1.07. The fraction of sp³-hybridized carbons (Fsp3) is 0.0172. The van der Waals surface area contributed by atoms with Crippen molar-refractivity contribution in [2.45, 2.75) is 6.42 Å². The summed E-state index contributed by atoms with van der Waals surface area (Å²) in [6.07, 6.45) is 0.887. The normalized spacial score (nSPS) is 12.1. The Balaban J connectivity index is 0.996. The summed E-state index contributed by atoms with van der Waals surface area (Å²) in [5, 5.41) is 4.81. The highest BCUT2D eigenvalue weighted by molar-refractivity contribution is 6.11. The van der Waals surface area contributed by atoms with Crippen LogP contribution in [0, 0.1) is 0 Å². The Hall–Kier alpha value is -8.41. The average Bonchev–Trinajstić information content (AvgIpc) is 4.01. The molecule has 12 aromatic rings. The van der Waals surface area contributed by atoms with Crippen LogP contribution in [0.5, 0.6) is 0 Å². The number of benzene rings is 9. The molecule has 0 N–H and O–H groups in total. The van der Waals surface area contributed by atoms with Gasteiger partial charge in [-0.15, -0.1) is 0 Å². The van der Waals surface area contributed by atoms with E-state index in [1.165, 1.54) is 54.9 Å². The SMILES string of the molecule is c1ccc(-c2ccc3c(c2)c2ccccc2n3-c2cccc(-c3nc(-c4ccc5c(c4)Cc4ccccc4-5)nc(-c4ccc5c6ccccc6n(-c6ccccc6)c5c4)n3)c2)cc1. The van der Waals surface area contributed by atoms with Crippen LogP contribution in [0.4, 0.5) is 0 Å². The molecule has 0 bridgehead atoms. The summed E-state index contributed by atoms with van der Waals surface area (Å²) in [7, 11) is 0. The van der Waals surface area contributed by atoms with Crippen LogP contribution >= 0.6 is 0 Å². The maximum atomic E-state index is 5.32. The van der Waals surface area contributed by atoms with Crippen LogP contribution in [0.15, 0.2) is 212 Å². The maximum absolute atomic E-state index is 5.32. The third kappa shape index (κ3) is 5.74. The fourth-order valence-corrected chi connectivity index (χ4v) is 9.86. The van der Waals surface area contributed by atoms with Crippen molar-refractivity contribution in [3.63, 3.8) is 0 Å². The van der Waals surface area contributed by atoms with Crippen molar-refractivity contribution in [1.29, 1.82) is 0 Å². The van der Waals surface area contributed by atoms with Gasteiger partial charge in [0.1, 0.15) is 0 Å². The van der Waals surface area contributed by atoms with E-state index in [4.69, 9.17) is 15.0 Å². The van der Waals surface area contributed by atoms with Gasteiger partial charge < -0.3 is 9.13 Å². The fourth-order valence-electron chi connectivity index (χ4n) is 9.86. The van der Waals surface area contributed by atoms with E-state index in [-0.39, 0.29) is 0 Å². The summed E-state index contributed by atoms with van der Waals surface area (Å²) in [5.41, 5.74) is 17.1. The molecule has 294 valence electrons. The van der Waals surface area contributed by atoms with E-state index in [1.807, 2.05) is 0 Å². The highest BCUT2D eigenvalue weighted by Gasteiger charge is 2.22. The minimum atomic E-state index is 0.622. The topological polar surface area (TPSA) is 48.5 Å². The first-order valence-electron chi connectivity index (χ1n) is 21.5. The molecule has 0 spiro atoms. The smallest absolute Gasteiger partial charge is 0.164 e. The van der Waals surface area contributed by atoms with Gasteiger partial charge in [-0.2, -0.15) is 0 Å². The van der Waals surface area contributed by atoms with Crippen molar-refractivity contribution in [3.8, 4) is 67.8 Å². The quantitative estimate of drug-likeness (QED) is 0.168. The third-order valence-corrected chi connectivity index (χ3v) is 12.8. The maximum Gasteiger partial charge on any atom is 0.164 e. The van der Waals surface area contributed by atoms with E-state index >= 15 is 0 Å². The molecule has 0 atom stereocenters. The zero-order chi connectivity index (χ0) is 41.4. The molecule has 9 aromatic carbocycles. The molecule has 0 saturated heterocycles. The second kappa shape index (κ2) is 14.1. The molecule has 0 saturated carbocycles. The Labute approximate surface area is 363 Å². The van der Waals surface area contributed by atoms with Crippen LogP contribution in [0.1, 0.15) is 11.1 Å². The molecule has 13 rings (SSSR count). The number of nitrogens with zero attached hydrogens (tertiary/aromatic N) is 5. The molecule has 1 aliphatic carbocycles. The summed E-state index contributed by atoms with van der Waals surface area (Å²) in [5.74, 6) is 1.89. The minimum Gasteiger partial charge on any atom is -0.309 e. The summed E-state index contributed by atoms with van der Waals surface area (Å²) in [4.78, 5) is 15.9. The van der Waals surface area contributed by atoms with Gasteiger partial charge in [0, 0.05) is 49.6 Å². The first-order valence-corrected chi connectivity index (χ1v) is 21.5. The molecule has 5 nitrogen and oxygen atoms in total. The van der Waals surface area contributed by atoms with Crippen molar-refractivity contribution in [2.75, 3.05) is 0 Å². The molecule has 3 heterocycles. The van der Waals surface area contributed by atoms with Gasteiger partial charge in [-0.3, -0.25) is 0 Å². The molecular weight excluding hydrogens is 767 g/mol. The molecule has 3 aromatic heterocycles. The molecule has 0 fully saturated rings. The Morgan fingerprint density at radius 1 is 0.286 bits per heavy atom. The second-order valence-electron chi connectivity index (χ2n) is 16.4. The lowest BCUT2D eigenvalue weighted by atomic mass is 10.0. The van der Waals surface area contributed by atoms with E-state index in [9.17, 15) is 0 Å². The molecule has 0 amide bonds. The summed E-state index contributed by atoms with van der Waals surface area (Å²) >= 11 is 0. The number of hydrogen-bond acceptors (Lipinski definition) is 3. The summed E-state index contributed by atoms with van der Waals surface area (Å²) in [6.45, 7) is 0. The van der Waals surface area contributed by atoms with E-state index in [1.54, 1.807) is 0 Å². The van der Waals surface area contributed by atoms with Gasteiger partial charge in [0.05, 0.1) is 22.1 Å². The lowest BCUT2D eigenvalue weighted by Gasteiger charge is -2.13. The molecule has 0 radical (unpaired) electrons. The van der Waals surface area contributed by atoms with Gasteiger partial charge >= 0.3 is 0 Å². The van der Waals surface area contributed by atoms with Crippen LogP contribution in [0.3, 0.4) is 0 Å². The van der Waals surface area contributed by atoms with Crippen molar-refractivity contribution < 1.29 is 0 Å². The van der Waals surface area contributed by atoms with Gasteiger partial charge in [-0.25, -0.2) is 15.0 Å². The van der Waals surface area contributed by atoms with Crippen molar-refractivity contribution in [2.24, 2.45) is 0 Å². The Kier molecular flexibility index (Phi) is 7.90. The largest absolute Gasteiger partial charge is 0.309 e. The molecule has 5 heteroatoms. The molecule has 1 aliphatic rings. The van der Waals surface area contributed by atoms with Gasteiger partial charge in [0.2, 0.25) is 0 Å². The van der Waals surface area contributed by atoms with Crippen LogP contribution in [-0.4, -0.2) is 24.1 Å². The van der Waals surface area contributed by atoms with Gasteiger partial charge in [-0.05, 0) is 100 Å². The standard InChI is InChI=1S/C58H37N5/c1-3-14-37(15-4-1)38-28-31-54-51(35-38)49-23-10-12-25-53(49)63(54)45-20-13-17-40(34-45)56-59-57(41-26-29-47-43(33-41)32-39-16-7-8-21-46(39)47)61-58(60-56)42-27-30-50-48-22-9-11-24-52(48)62(55(50)36-42)44-18-5-2-6-19-44/h1-31,33-36H,32H2. The predicted octanol–water partition coefficient (Wildman–Crippen LogP) is 14.3. The van der Waals surface area contributed by atoms with Crippen molar-refractivity contribution >= 4 is 43.6 Å². The Morgan fingerprint density at radius 3 is 1.59 bits per heavy atom. The summed E-state index contributed by atoms with van der Waals surface area (Å²) < 4.78 is 4.70. The van der Waals surface area contributed by atoms with Crippen LogP contribution in [0.2, 0.25) is 0 Å². The number of fused-ring (bicyclic) bond motifs is 9. The molecular formula is C58H37N5. The average molecular weight is 804 g/mol. The molecule has 63 heavy (non-hydrogen) atoms. The predicted molar refractivity (Wildman–Crippen MR) is 258 cm³/mol. The number of hydrogen-bond donors (Lipinski definition) is 0. The first-order chi connectivity index (χ1) is 31.2. The van der Waals surface area contributed by atoms with Gasteiger partial charge in [0.15, 0.2) is 17.5 Å². The molecule has 0 unspecified atom stereocenters. The van der Waals surface area contributed by atoms with Crippen LogP contribution < -0.4 is 0 Å². The third-order valence-electron chi connectivity index (χ3n) is 12.8. The highest BCUT2D eigenvalue weighted by atomic mass is 15.0. The number of aromatic nitrogens is 5. The van der Waals surface area contributed by atoms with E-state index in [0.717, 1.165) is 56.6 Å². The number of para-hydroxylation sites is 3. The second-order valence-corrected chi connectivity index (χ2v) is 16.4.